The van der Waals surface area contributed by atoms with Crippen LogP contribution >= 0.6 is 0 Å². The smallest absolute Gasteiger partial charge is 0.203 e. The molecule has 0 bridgehead atoms. The van der Waals surface area contributed by atoms with E-state index in [-0.39, 0.29) is 36.8 Å². The molecule has 1 heterocycles. The third-order valence-corrected chi connectivity index (χ3v) is 4.85. The molecule has 1 fully saturated rings. The quantitative estimate of drug-likeness (QED) is 0.505. The van der Waals surface area contributed by atoms with E-state index in [9.17, 15) is 26.0 Å². The first-order valence-corrected chi connectivity index (χ1v) is 8.02. The number of hydrogen-bond donors (Lipinski definition) is 1. The molecule has 1 aliphatic heterocycles. The van der Waals surface area contributed by atoms with E-state index in [0.29, 0.717) is 6.42 Å². The van der Waals surface area contributed by atoms with E-state index in [1.165, 1.54) is 0 Å². The van der Waals surface area contributed by atoms with Crippen LogP contribution in [0, 0.1) is 23.3 Å². The van der Waals surface area contributed by atoms with Gasteiger partial charge in [0.1, 0.15) is 6.61 Å². The molecule has 9 heteroatoms. The Hall–Kier alpha value is -1.35. The summed E-state index contributed by atoms with van der Waals surface area (Å²) >= 11 is 0. The summed E-state index contributed by atoms with van der Waals surface area (Å²) in [5.74, 6) is -7.32. The van der Waals surface area contributed by atoms with Crippen LogP contribution in [-0.2, 0) is 9.84 Å². The zero-order chi connectivity index (χ0) is 15.6. The Balaban J connectivity index is 1.87. The number of nitrogens with one attached hydrogen (secondary N) is 1. The predicted octanol–water partition coefficient (Wildman–Crippen LogP) is 1.40. The van der Waals surface area contributed by atoms with Crippen LogP contribution in [0.15, 0.2) is 6.07 Å². The van der Waals surface area contributed by atoms with Crippen molar-refractivity contribution < 1.29 is 30.7 Å². The Bertz CT molecular complexity index is 610. The van der Waals surface area contributed by atoms with Crippen molar-refractivity contribution in [2.45, 2.75) is 12.5 Å². The lowest BCUT2D eigenvalue weighted by molar-refractivity contribution is 0.266. The molecule has 1 N–H and O–H groups in total. The first-order valence-electron chi connectivity index (χ1n) is 6.20. The van der Waals surface area contributed by atoms with Crippen molar-refractivity contribution in [2.75, 3.05) is 24.7 Å². The molecule has 2 rings (SSSR count). The Morgan fingerprint density at radius 1 is 1.19 bits per heavy atom. The summed E-state index contributed by atoms with van der Waals surface area (Å²) in [6.45, 7) is -0.162. The van der Waals surface area contributed by atoms with Gasteiger partial charge in [-0.25, -0.2) is 17.2 Å². The largest absolute Gasteiger partial charge is 0.486 e. The summed E-state index contributed by atoms with van der Waals surface area (Å²) in [6, 6.07) is -0.156. The minimum atomic E-state index is -3.03. The van der Waals surface area contributed by atoms with E-state index in [2.05, 4.69) is 5.32 Å². The van der Waals surface area contributed by atoms with Crippen LogP contribution in [0.4, 0.5) is 17.6 Å². The van der Waals surface area contributed by atoms with Crippen LogP contribution in [0.2, 0.25) is 0 Å². The summed E-state index contributed by atoms with van der Waals surface area (Å²) in [6.07, 6.45) is 0.444. The summed E-state index contributed by atoms with van der Waals surface area (Å²) in [5.41, 5.74) is 0. The van der Waals surface area contributed by atoms with Gasteiger partial charge in [-0.2, -0.15) is 8.78 Å². The van der Waals surface area contributed by atoms with Gasteiger partial charge in [-0.05, 0) is 6.42 Å². The fraction of sp³-hybridized carbons (Fsp3) is 0.500. The molecule has 1 saturated heterocycles. The second kappa shape index (κ2) is 6.18. The van der Waals surface area contributed by atoms with E-state index in [0.717, 1.165) is 0 Å². The third kappa shape index (κ3) is 3.85. The van der Waals surface area contributed by atoms with Crippen LogP contribution in [0.3, 0.4) is 0 Å². The lowest BCUT2D eigenvalue weighted by Gasteiger charge is -2.12. The van der Waals surface area contributed by atoms with Gasteiger partial charge >= 0.3 is 0 Å². The van der Waals surface area contributed by atoms with Gasteiger partial charge < -0.3 is 10.1 Å². The summed E-state index contributed by atoms with van der Waals surface area (Å²) in [5, 5.41) is 2.84. The molecular formula is C12H13F4NO3S. The molecular weight excluding hydrogens is 314 g/mol. The average molecular weight is 327 g/mol. The molecule has 118 valence electrons. The van der Waals surface area contributed by atoms with Gasteiger partial charge in [-0.3, -0.25) is 0 Å². The van der Waals surface area contributed by atoms with Crippen molar-refractivity contribution in [1.82, 2.24) is 5.32 Å². The van der Waals surface area contributed by atoms with Crippen LogP contribution in [0.1, 0.15) is 6.42 Å². The van der Waals surface area contributed by atoms with E-state index in [1.54, 1.807) is 0 Å². The first kappa shape index (κ1) is 16.0. The van der Waals surface area contributed by atoms with Crippen molar-refractivity contribution >= 4 is 9.84 Å². The number of sulfone groups is 1. The molecule has 4 nitrogen and oxygen atoms in total. The summed E-state index contributed by atoms with van der Waals surface area (Å²) in [4.78, 5) is 0. The summed E-state index contributed by atoms with van der Waals surface area (Å²) in [7, 11) is -3.03. The highest BCUT2D eigenvalue weighted by Crippen LogP contribution is 2.26. The Kier molecular flexibility index (Phi) is 4.72. The topological polar surface area (TPSA) is 55.4 Å². The standard InChI is InChI=1S/C12H13F4NO3S/c13-8-5-9(14)11(16)12(10(8)15)20-3-2-17-7-1-4-21(18,19)6-7/h5,7,17H,1-4,6H2. The van der Waals surface area contributed by atoms with Gasteiger partial charge in [0.05, 0.1) is 11.5 Å². The number of ether oxygens (including phenoxy) is 1. The predicted molar refractivity (Wildman–Crippen MR) is 66.8 cm³/mol. The van der Waals surface area contributed by atoms with Gasteiger partial charge in [0, 0.05) is 18.7 Å². The normalized spacial score (nSPS) is 20.7. The zero-order valence-corrected chi connectivity index (χ0v) is 11.7. The van der Waals surface area contributed by atoms with Gasteiger partial charge in [-0.1, -0.05) is 0 Å². The molecule has 1 unspecified atom stereocenters. The Morgan fingerprint density at radius 3 is 2.33 bits per heavy atom. The molecule has 0 saturated carbocycles. The molecule has 0 spiro atoms. The first-order chi connectivity index (χ1) is 9.80. The van der Waals surface area contributed by atoms with Crippen LogP contribution in [0.5, 0.6) is 5.75 Å². The Labute approximate surface area is 119 Å². The van der Waals surface area contributed by atoms with E-state index < -0.39 is 38.9 Å². The van der Waals surface area contributed by atoms with E-state index in [4.69, 9.17) is 4.74 Å². The molecule has 21 heavy (non-hydrogen) atoms. The maximum atomic E-state index is 13.3. The molecule has 1 aromatic rings. The molecule has 1 atom stereocenters. The highest BCUT2D eigenvalue weighted by Gasteiger charge is 2.27. The van der Waals surface area contributed by atoms with Gasteiger partial charge in [0.25, 0.3) is 0 Å². The molecule has 1 aromatic carbocycles. The minimum absolute atomic E-state index is 0.00961. The zero-order valence-electron chi connectivity index (χ0n) is 10.8. The SMILES string of the molecule is O=S1(=O)CCC(NCCOc2c(F)c(F)cc(F)c2F)C1. The average Bonchev–Trinajstić information content (AvgIpc) is 2.75. The lowest BCUT2D eigenvalue weighted by Crippen LogP contribution is -2.33. The van der Waals surface area contributed by atoms with Crippen molar-refractivity contribution in [3.8, 4) is 5.75 Å². The van der Waals surface area contributed by atoms with Gasteiger partial charge in [-0.15, -0.1) is 0 Å². The number of benzene rings is 1. The fourth-order valence-electron chi connectivity index (χ4n) is 2.05. The molecule has 0 aromatic heterocycles. The maximum Gasteiger partial charge on any atom is 0.203 e. The second-order valence-corrected chi connectivity index (χ2v) is 6.93. The van der Waals surface area contributed by atoms with Crippen molar-refractivity contribution in [3.05, 3.63) is 29.3 Å². The maximum absolute atomic E-state index is 13.3. The molecule has 0 radical (unpaired) electrons. The fourth-order valence-corrected chi connectivity index (χ4v) is 3.76. The van der Waals surface area contributed by atoms with Crippen LogP contribution < -0.4 is 10.1 Å². The van der Waals surface area contributed by atoms with Gasteiger partial charge in [0.2, 0.25) is 11.6 Å². The molecule has 0 aliphatic carbocycles. The van der Waals surface area contributed by atoms with Crippen molar-refractivity contribution in [2.24, 2.45) is 0 Å². The highest BCUT2D eigenvalue weighted by atomic mass is 32.2. The number of halogens is 4. The van der Waals surface area contributed by atoms with Gasteiger partial charge in [0.15, 0.2) is 27.2 Å². The third-order valence-electron chi connectivity index (χ3n) is 3.09. The highest BCUT2D eigenvalue weighted by molar-refractivity contribution is 7.91. The Morgan fingerprint density at radius 2 is 1.81 bits per heavy atom. The second-order valence-electron chi connectivity index (χ2n) is 4.70. The van der Waals surface area contributed by atoms with E-state index >= 15 is 0 Å². The van der Waals surface area contributed by atoms with Crippen molar-refractivity contribution in [1.29, 1.82) is 0 Å². The van der Waals surface area contributed by atoms with E-state index in [1.807, 2.05) is 0 Å². The number of hydrogen-bond acceptors (Lipinski definition) is 4. The van der Waals surface area contributed by atoms with Crippen molar-refractivity contribution in [3.63, 3.8) is 0 Å². The molecule has 0 amide bonds. The monoisotopic (exact) mass is 327 g/mol. The van der Waals surface area contributed by atoms with Crippen LogP contribution in [-0.4, -0.2) is 39.1 Å². The number of rotatable bonds is 5. The molecule has 1 aliphatic rings. The van der Waals surface area contributed by atoms with Crippen LogP contribution in [0.25, 0.3) is 0 Å². The summed E-state index contributed by atoms with van der Waals surface area (Å²) < 4.78 is 79.5. The lowest BCUT2D eigenvalue weighted by atomic mass is 10.2. The minimum Gasteiger partial charge on any atom is -0.486 e.